The molecular formula is C24H27N3O3. The Morgan fingerprint density at radius 3 is 2.40 bits per heavy atom. The summed E-state index contributed by atoms with van der Waals surface area (Å²) in [4.78, 5) is 26.2. The summed E-state index contributed by atoms with van der Waals surface area (Å²) >= 11 is 0. The van der Waals surface area contributed by atoms with Crippen molar-refractivity contribution >= 4 is 16.7 Å². The Labute approximate surface area is 175 Å². The van der Waals surface area contributed by atoms with Crippen LogP contribution in [0.2, 0.25) is 0 Å². The first kappa shape index (κ1) is 20.1. The molecule has 1 heterocycles. The Kier molecular flexibility index (Phi) is 5.57. The fourth-order valence-corrected chi connectivity index (χ4v) is 3.80. The first-order chi connectivity index (χ1) is 14.5. The number of ether oxygens (including phenoxy) is 1. The van der Waals surface area contributed by atoms with Crippen LogP contribution in [0.1, 0.15) is 48.8 Å². The van der Waals surface area contributed by atoms with E-state index in [-0.39, 0.29) is 23.4 Å². The summed E-state index contributed by atoms with van der Waals surface area (Å²) in [6.07, 6.45) is 2.16. The number of fused-ring (bicyclic) bond motifs is 1. The van der Waals surface area contributed by atoms with Gasteiger partial charge in [-0.3, -0.25) is 9.59 Å². The molecule has 6 heteroatoms. The molecule has 1 unspecified atom stereocenters. The molecule has 1 N–H and O–H groups in total. The number of methoxy groups -OCH3 is 1. The van der Waals surface area contributed by atoms with Gasteiger partial charge in [0, 0.05) is 11.9 Å². The van der Waals surface area contributed by atoms with Crippen molar-refractivity contribution in [2.24, 2.45) is 11.8 Å². The summed E-state index contributed by atoms with van der Waals surface area (Å²) in [5.41, 5.74) is 1.18. The number of hydrogen-bond acceptors (Lipinski definition) is 4. The minimum Gasteiger partial charge on any atom is -0.497 e. The van der Waals surface area contributed by atoms with Crippen LogP contribution in [0, 0.1) is 11.8 Å². The Morgan fingerprint density at radius 1 is 1.13 bits per heavy atom. The van der Waals surface area contributed by atoms with Gasteiger partial charge in [-0.05, 0) is 48.4 Å². The van der Waals surface area contributed by atoms with Crippen LogP contribution in [0.5, 0.6) is 5.75 Å². The highest BCUT2D eigenvalue weighted by Gasteiger charge is 2.34. The van der Waals surface area contributed by atoms with Crippen LogP contribution in [0.3, 0.4) is 0 Å². The van der Waals surface area contributed by atoms with E-state index in [4.69, 9.17) is 4.74 Å². The monoisotopic (exact) mass is 405 g/mol. The van der Waals surface area contributed by atoms with Gasteiger partial charge in [0.25, 0.3) is 11.5 Å². The van der Waals surface area contributed by atoms with Crippen LogP contribution in [-0.2, 0) is 6.54 Å². The van der Waals surface area contributed by atoms with Crippen LogP contribution >= 0.6 is 0 Å². The second-order valence-corrected chi connectivity index (χ2v) is 8.34. The van der Waals surface area contributed by atoms with Gasteiger partial charge in [0.1, 0.15) is 5.75 Å². The van der Waals surface area contributed by atoms with Gasteiger partial charge in [0.15, 0.2) is 5.69 Å². The average Bonchev–Trinajstić information content (AvgIpc) is 3.59. The number of hydrogen-bond donors (Lipinski definition) is 1. The summed E-state index contributed by atoms with van der Waals surface area (Å²) in [5, 5.41) is 8.76. The molecule has 0 spiro atoms. The predicted molar refractivity (Wildman–Crippen MR) is 117 cm³/mol. The number of benzene rings is 2. The van der Waals surface area contributed by atoms with E-state index >= 15 is 0 Å². The molecule has 30 heavy (non-hydrogen) atoms. The minimum absolute atomic E-state index is 0.0885. The van der Waals surface area contributed by atoms with Crippen molar-refractivity contribution in [2.45, 2.75) is 39.3 Å². The number of nitrogens with zero attached hydrogens (tertiary/aromatic N) is 2. The zero-order valence-corrected chi connectivity index (χ0v) is 17.6. The molecule has 1 fully saturated rings. The van der Waals surface area contributed by atoms with Gasteiger partial charge >= 0.3 is 0 Å². The van der Waals surface area contributed by atoms with Gasteiger partial charge in [0.2, 0.25) is 0 Å². The van der Waals surface area contributed by atoms with Crippen LogP contribution in [0.15, 0.2) is 53.3 Å². The molecule has 1 aliphatic carbocycles. The van der Waals surface area contributed by atoms with Crippen LogP contribution in [0.4, 0.5) is 0 Å². The van der Waals surface area contributed by atoms with Crippen molar-refractivity contribution in [1.29, 1.82) is 0 Å². The van der Waals surface area contributed by atoms with Crippen molar-refractivity contribution in [2.75, 3.05) is 7.11 Å². The standard InChI is InChI=1S/C24H27N3O3/c1-15(2)14-27-24(29)20-7-5-4-6-19(20)22(26-27)23(28)25-21(16-8-9-16)17-10-12-18(30-3)13-11-17/h4-7,10-13,15-16,21H,8-9,14H2,1-3H3,(H,25,28). The lowest BCUT2D eigenvalue weighted by molar-refractivity contribution is 0.0925. The third-order valence-corrected chi connectivity index (χ3v) is 5.48. The fraction of sp³-hybridized carbons (Fsp3) is 0.375. The molecule has 0 bridgehead atoms. The maximum atomic E-state index is 13.3. The molecule has 1 saturated carbocycles. The lowest BCUT2D eigenvalue weighted by atomic mass is 10.0. The van der Waals surface area contributed by atoms with Crippen LogP contribution in [-0.4, -0.2) is 22.8 Å². The summed E-state index contributed by atoms with van der Waals surface area (Å²) in [5.74, 6) is 1.19. The van der Waals surface area contributed by atoms with Crippen molar-refractivity contribution in [3.05, 3.63) is 70.1 Å². The number of aromatic nitrogens is 2. The topological polar surface area (TPSA) is 73.2 Å². The number of amides is 1. The molecule has 2 aromatic carbocycles. The van der Waals surface area contributed by atoms with Gasteiger partial charge in [-0.2, -0.15) is 5.10 Å². The second-order valence-electron chi connectivity index (χ2n) is 8.34. The highest BCUT2D eigenvalue weighted by Crippen LogP contribution is 2.41. The fourth-order valence-electron chi connectivity index (χ4n) is 3.80. The third kappa shape index (κ3) is 4.08. The van der Waals surface area contributed by atoms with E-state index in [1.54, 1.807) is 19.2 Å². The predicted octanol–water partition coefficient (Wildman–Crippen LogP) is 3.94. The maximum absolute atomic E-state index is 13.3. The van der Waals surface area contributed by atoms with E-state index in [0.29, 0.717) is 28.9 Å². The summed E-state index contributed by atoms with van der Waals surface area (Å²) < 4.78 is 6.67. The highest BCUT2D eigenvalue weighted by atomic mass is 16.5. The van der Waals surface area contributed by atoms with E-state index in [1.807, 2.05) is 50.2 Å². The number of carbonyl (C=O) groups excluding carboxylic acids is 1. The lowest BCUT2D eigenvalue weighted by Crippen LogP contribution is -2.34. The van der Waals surface area contributed by atoms with E-state index in [1.165, 1.54) is 4.68 Å². The molecule has 0 radical (unpaired) electrons. The van der Waals surface area contributed by atoms with Gasteiger partial charge < -0.3 is 10.1 Å². The van der Waals surface area contributed by atoms with Crippen LogP contribution in [0.25, 0.3) is 10.8 Å². The lowest BCUT2D eigenvalue weighted by Gasteiger charge is -2.20. The highest BCUT2D eigenvalue weighted by molar-refractivity contribution is 6.04. The molecule has 1 atom stereocenters. The van der Waals surface area contributed by atoms with Crippen molar-refractivity contribution in [3.63, 3.8) is 0 Å². The molecule has 0 saturated heterocycles. The van der Waals surface area contributed by atoms with Crippen molar-refractivity contribution in [1.82, 2.24) is 15.1 Å². The quantitative estimate of drug-likeness (QED) is 0.646. The SMILES string of the molecule is COc1ccc(C(NC(=O)c2nn(CC(C)C)c(=O)c3ccccc23)C2CC2)cc1. The molecule has 156 valence electrons. The zero-order valence-electron chi connectivity index (χ0n) is 17.6. The van der Waals surface area contributed by atoms with E-state index < -0.39 is 0 Å². The van der Waals surface area contributed by atoms with E-state index in [2.05, 4.69) is 10.4 Å². The smallest absolute Gasteiger partial charge is 0.274 e. The van der Waals surface area contributed by atoms with Gasteiger partial charge in [-0.25, -0.2) is 4.68 Å². The number of nitrogens with one attached hydrogen (secondary N) is 1. The third-order valence-electron chi connectivity index (χ3n) is 5.48. The summed E-state index contributed by atoms with van der Waals surface area (Å²) in [6.45, 7) is 4.51. The molecule has 3 aromatic rings. The number of rotatable bonds is 7. The molecule has 4 rings (SSSR count). The Bertz CT molecular complexity index is 1110. The summed E-state index contributed by atoms with van der Waals surface area (Å²) in [6, 6.07) is 14.9. The first-order valence-electron chi connectivity index (χ1n) is 10.4. The minimum atomic E-state index is -0.253. The average molecular weight is 405 g/mol. The summed E-state index contributed by atoms with van der Waals surface area (Å²) in [7, 11) is 1.64. The Morgan fingerprint density at radius 2 is 1.80 bits per heavy atom. The van der Waals surface area contributed by atoms with Gasteiger partial charge in [-0.15, -0.1) is 0 Å². The molecule has 0 aliphatic heterocycles. The normalized spacial score (nSPS) is 14.7. The molecule has 1 aromatic heterocycles. The molecule has 1 aliphatic rings. The second kappa shape index (κ2) is 8.30. The molecule has 6 nitrogen and oxygen atoms in total. The first-order valence-corrected chi connectivity index (χ1v) is 10.4. The molecular weight excluding hydrogens is 378 g/mol. The van der Waals surface area contributed by atoms with Gasteiger partial charge in [-0.1, -0.05) is 44.2 Å². The number of carbonyl (C=O) groups is 1. The Balaban J connectivity index is 1.71. The zero-order chi connectivity index (χ0) is 21.3. The van der Waals surface area contributed by atoms with Gasteiger partial charge in [0.05, 0.1) is 18.5 Å². The van der Waals surface area contributed by atoms with E-state index in [9.17, 15) is 9.59 Å². The Hall–Kier alpha value is -3.15. The largest absolute Gasteiger partial charge is 0.497 e. The van der Waals surface area contributed by atoms with E-state index in [0.717, 1.165) is 24.2 Å². The maximum Gasteiger partial charge on any atom is 0.274 e. The van der Waals surface area contributed by atoms with Crippen molar-refractivity contribution < 1.29 is 9.53 Å². The molecule has 1 amide bonds. The van der Waals surface area contributed by atoms with Crippen LogP contribution < -0.4 is 15.6 Å². The van der Waals surface area contributed by atoms with Crippen molar-refractivity contribution in [3.8, 4) is 5.75 Å².